The first kappa shape index (κ1) is 24.8. The molecule has 3 aliphatic rings. The van der Waals surface area contributed by atoms with Gasteiger partial charge in [0.05, 0.1) is 25.0 Å². The standard InChI is InChI=1S/C26H21F2N5O5/c1-13-29-23(36)26(31-13,12-33-11-15-5-7-18(38-3)20(28)19(15)21(33)34)9-8-14-4-6-16(17(27)10-14)25(2)22(35)30-24(37)32-25/h4-7,10,31H,1,11-12H2,2-3H3,(H,29,36)(H2,30,32,35,37)/t25?,26-/m1/s1. The Morgan fingerprint density at radius 1 is 1.08 bits per heavy atom. The van der Waals surface area contributed by atoms with Gasteiger partial charge in [-0.15, -0.1) is 0 Å². The highest BCUT2D eigenvalue weighted by Crippen LogP contribution is 2.32. The molecule has 0 radical (unpaired) electrons. The summed E-state index contributed by atoms with van der Waals surface area (Å²) in [6, 6.07) is 6.07. The molecular formula is C26H21F2N5O5. The van der Waals surface area contributed by atoms with Gasteiger partial charge in [-0.2, -0.15) is 0 Å². The maximum atomic E-state index is 15.0. The highest BCUT2D eigenvalue weighted by Gasteiger charge is 2.47. The van der Waals surface area contributed by atoms with E-state index in [9.17, 15) is 23.6 Å². The summed E-state index contributed by atoms with van der Waals surface area (Å²) in [5.41, 5.74) is -2.86. The third kappa shape index (κ3) is 3.80. The van der Waals surface area contributed by atoms with E-state index < -0.39 is 46.5 Å². The number of hydrogen-bond acceptors (Lipinski definition) is 6. The van der Waals surface area contributed by atoms with Crippen LogP contribution in [0.2, 0.25) is 0 Å². The Hall–Kier alpha value is -4.92. The number of nitrogens with one attached hydrogen (secondary N) is 4. The fraction of sp³-hybridized carbons (Fsp3) is 0.231. The van der Waals surface area contributed by atoms with Crippen molar-refractivity contribution in [2.45, 2.75) is 24.5 Å². The molecule has 2 fully saturated rings. The molecule has 0 spiro atoms. The lowest BCUT2D eigenvalue weighted by Crippen LogP contribution is -2.54. The van der Waals surface area contributed by atoms with E-state index in [1.807, 2.05) is 0 Å². The van der Waals surface area contributed by atoms with E-state index in [-0.39, 0.29) is 41.4 Å². The predicted octanol–water partition coefficient (Wildman–Crippen LogP) is 0.965. The zero-order chi connectivity index (χ0) is 27.4. The first-order valence-electron chi connectivity index (χ1n) is 11.4. The van der Waals surface area contributed by atoms with E-state index in [0.29, 0.717) is 5.56 Å². The van der Waals surface area contributed by atoms with Crippen molar-refractivity contribution in [2.75, 3.05) is 13.7 Å². The van der Waals surface area contributed by atoms with Crippen molar-refractivity contribution in [1.82, 2.24) is 26.2 Å². The van der Waals surface area contributed by atoms with Crippen molar-refractivity contribution >= 4 is 23.8 Å². The Bertz CT molecular complexity index is 1530. The van der Waals surface area contributed by atoms with Gasteiger partial charge in [0, 0.05) is 17.7 Å². The first-order chi connectivity index (χ1) is 18.0. The quantitative estimate of drug-likeness (QED) is 0.351. The van der Waals surface area contributed by atoms with Crippen LogP contribution in [-0.4, -0.2) is 47.8 Å². The van der Waals surface area contributed by atoms with Crippen LogP contribution < -0.4 is 26.0 Å². The third-order valence-electron chi connectivity index (χ3n) is 6.69. The van der Waals surface area contributed by atoms with Gasteiger partial charge in [-0.05, 0) is 30.7 Å². The Morgan fingerprint density at radius 3 is 2.45 bits per heavy atom. The summed E-state index contributed by atoms with van der Waals surface area (Å²) < 4.78 is 34.7. The number of imide groups is 1. The molecular weight excluding hydrogens is 500 g/mol. The van der Waals surface area contributed by atoms with Crippen LogP contribution in [-0.2, 0) is 21.7 Å². The van der Waals surface area contributed by atoms with Gasteiger partial charge in [-0.25, -0.2) is 13.6 Å². The average molecular weight is 521 g/mol. The number of hydrogen-bond donors (Lipinski definition) is 4. The van der Waals surface area contributed by atoms with E-state index in [4.69, 9.17) is 4.74 Å². The lowest BCUT2D eigenvalue weighted by atomic mass is 9.91. The molecule has 0 bridgehead atoms. The molecule has 38 heavy (non-hydrogen) atoms. The summed E-state index contributed by atoms with van der Waals surface area (Å²) >= 11 is 0. The summed E-state index contributed by atoms with van der Waals surface area (Å²) in [6.07, 6.45) is 0. The lowest BCUT2D eigenvalue weighted by Gasteiger charge is -2.27. The number of rotatable bonds is 4. The molecule has 3 aliphatic heterocycles. The maximum absolute atomic E-state index is 15.0. The fourth-order valence-corrected chi connectivity index (χ4v) is 4.71. The van der Waals surface area contributed by atoms with E-state index in [2.05, 4.69) is 39.7 Å². The Balaban J connectivity index is 1.45. The zero-order valence-corrected chi connectivity index (χ0v) is 20.3. The highest BCUT2D eigenvalue weighted by atomic mass is 19.1. The Morgan fingerprint density at radius 2 is 1.84 bits per heavy atom. The molecule has 0 saturated carbocycles. The minimum Gasteiger partial charge on any atom is -0.494 e. The van der Waals surface area contributed by atoms with Gasteiger partial charge in [0.25, 0.3) is 17.7 Å². The largest absolute Gasteiger partial charge is 0.494 e. The number of carbonyl (C=O) groups excluding carboxylic acids is 4. The number of fused-ring (bicyclic) bond motifs is 1. The minimum atomic E-state index is -1.66. The molecule has 3 heterocycles. The summed E-state index contributed by atoms with van der Waals surface area (Å²) in [7, 11) is 1.29. The third-order valence-corrected chi connectivity index (χ3v) is 6.69. The number of halogens is 2. The van der Waals surface area contributed by atoms with Crippen LogP contribution in [0.25, 0.3) is 0 Å². The predicted molar refractivity (Wildman–Crippen MR) is 128 cm³/mol. The molecule has 2 aromatic rings. The second kappa shape index (κ2) is 8.58. The molecule has 4 N–H and O–H groups in total. The molecule has 2 saturated heterocycles. The number of methoxy groups -OCH3 is 1. The van der Waals surface area contributed by atoms with Gasteiger partial charge in [0.2, 0.25) is 0 Å². The molecule has 2 aromatic carbocycles. The van der Waals surface area contributed by atoms with Crippen molar-refractivity contribution < 1.29 is 32.7 Å². The molecule has 0 aromatic heterocycles. The monoisotopic (exact) mass is 521 g/mol. The van der Waals surface area contributed by atoms with Crippen LogP contribution in [0.15, 0.2) is 42.7 Å². The van der Waals surface area contributed by atoms with Crippen molar-refractivity contribution in [1.29, 1.82) is 0 Å². The van der Waals surface area contributed by atoms with Gasteiger partial charge in [0.1, 0.15) is 11.4 Å². The van der Waals surface area contributed by atoms with Crippen LogP contribution in [0.3, 0.4) is 0 Å². The second-order valence-corrected chi connectivity index (χ2v) is 9.22. The van der Waals surface area contributed by atoms with Crippen LogP contribution in [0.5, 0.6) is 5.75 Å². The normalized spacial score (nSPS) is 23.8. The SMILES string of the molecule is C=C1NC(=O)[C@@](C#Cc2ccc(C3(C)NC(=O)NC3=O)c(F)c2)(CN2Cc3ccc(OC)c(F)c3C2=O)N1. The van der Waals surface area contributed by atoms with Gasteiger partial charge >= 0.3 is 6.03 Å². The first-order valence-corrected chi connectivity index (χ1v) is 11.4. The average Bonchev–Trinajstić information content (AvgIpc) is 3.42. The summed E-state index contributed by atoms with van der Waals surface area (Å²) in [5.74, 6) is 2.08. The smallest absolute Gasteiger partial charge is 0.322 e. The Kier molecular flexibility index (Phi) is 5.59. The van der Waals surface area contributed by atoms with Crippen molar-refractivity contribution in [2.24, 2.45) is 0 Å². The van der Waals surface area contributed by atoms with Gasteiger partial charge in [-0.3, -0.25) is 19.7 Å². The van der Waals surface area contributed by atoms with Gasteiger partial charge < -0.3 is 25.6 Å². The topological polar surface area (TPSA) is 129 Å². The highest BCUT2D eigenvalue weighted by molar-refractivity contribution is 6.07. The van der Waals surface area contributed by atoms with Crippen LogP contribution in [0.1, 0.15) is 34.0 Å². The fourth-order valence-electron chi connectivity index (χ4n) is 4.71. The van der Waals surface area contributed by atoms with Crippen molar-refractivity contribution in [3.8, 4) is 17.6 Å². The molecule has 12 heteroatoms. The molecule has 5 rings (SSSR count). The van der Waals surface area contributed by atoms with E-state index >= 15 is 4.39 Å². The summed E-state index contributed by atoms with van der Waals surface area (Å²) in [5, 5.41) is 9.83. The minimum absolute atomic E-state index is 0.0373. The maximum Gasteiger partial charge on any atom is 0.322 e. The van der Waals surface area contributed by atoms with Gasteiger partial charge in [-0.1, -0.05) is 30.6 Å². The molecule has 5 amide bonds. The molecule has 10 nitrogen and oxygen atoms in total. The van der Waals surface area contributed by atoms with Crippen LogP contribution in [0, 0.1) is 23.5 Å². The van der Waals surface area contributed by atoms with E-state index in [1.165, 1.54) is 37.1 Å². The van der Waals surface area contributed by atoms with Crippen LogP contribution in [0.4, 0.5) is 13.6 Å². The summed E-state index contributed by atoms with van der Waals surface area (Å²) in [6.45, 7) is 4.84. The lowest BCUT2D eigenvalue weighted by molar-refractivity contribution is -0.124. The zero-order valence-electron chi connectivity index (χ0n) is 20.3. The number of carbonyl (C=O) groups is 4. The molecule has 1 unspecified atom stereocenters. The van der Waals surface area contributed by atoms with Crippen molar-refractivity contribution in [3.05, 3.63) is 76.6 Å². The number of amides is 5. The molecule has 2 atom stereocenters. The summed E-state index contributed by atoms with van der Waals surface area (Å²) in [4.78, 5) is 51.0. The number of urea groups is 1. The Labute approximate surface area is 215 Å². The number of benzene rings is 2. The second-order valence-electron chi connectivity index (χ2n) is 9.22. The van der Waals surface area contributed by atoms with Gasteiger partial charge in [0.15, 0.2) is 17.1 Å². The van der Waals surface area contributed by atoms with Crippen molar-refractivity contribution in [3.63, 3.8) is 0 Å². The van der Waals surface area contributed by atoms with E-state index in [1.54, 1.807) is 6.07 Å². The molecule has 0 aliphatic carbocycles. The number of ether oxygens (including phenoxy) is 1. The van der Waals surface area contributed by atoms with Crippen LogP contribution >= 0.6 is 0 Å². The molecule has 194 valence electrons. The number of nitrogens with zero attached hydrogens (tertiary/aromatic N) is 1. The van der Waals surface area contributed by atoms with E-state index in [0.717, 1.165) is 6.07 Å².